The third kappa shape index (κ3) is 2.39. The maximum absolute atomic E-state index is 12.5. The second-order valence-corrected chi connectivity index (χ2v) is 4.43. The summed E-state index contributed by atoms with van der Waals surface area (Å²) in [5, 5.41) is 0.521. The van der Waals surface area contributed by atoms with Crippen LogP contribution in [0.2, 0.25) is 5.02 Å². The van der Waals surface area contributed by atoms with Crippen molar-refractivity contribution < 1.29 is 9.53 Å². The first kappa shape index (κ1) is 12.7. The maximum Gasteiger partial charge on any atom is 0.197 e. The van der Waals surface area contributed by atoms with Crippen molar-refractivity contribution in [3.05, 3.63) is 64.2 Å². The Hall–Kier alpha value is -1.80. The number of ether oxygens (including phenoxy) is 1. The van der Waals surface area contributed by atoms with Crippen molar-refractivity contribution in [2.45, 2.75) is 6.92 Å². The normalized spacial score (nSPS) is 10.2. The molecule has 0 aliphatic carbocycles. The number of carbonyl (C=O) groups is 1. The van der Waals surface area contributed by atoms with Gasteiger partial charge in [0.15, 0.2) is 5.78 Å². The number of carbonyl (C=O) groups excluding carboxylic acids is 1. The summed E-state index contributed by atoms with van der Waals surface area (Å²) in [5.74, 6) is 0.458. The molecule has 2 aromatic rings. The monoisotopic (exact) mass is 260 g/mol. The SMILES string of the molecule is COc1ccc(Cl)cc1C(=O)c1ccccc1C. The molecule has 0 atom stereocenters. The molecule has 92 valence electrons. The highest BCUT2D eigenvalue weighted by Gasteiger charge is 2.16. The van der Waals surface area contributed by atoms with Gasteiger partial charge in [0.2, 0.25) is 0 Å². The Labute approximate surface area is 111 Å². The lowest BCUT2D eigenvalue weighted by atomic mass is 9.98. The standard InChI is InChI=1S/C15H13ClO2/c1-10-5-3-4-6-12(10)15(17)13-9-11(16)7-8-14(13)18-2/h3-9H,1-2H3. The van der Waals surface area contributed by atoms with Gasteiger partial charge in [-0.2, -0.15) is 0 Å². The molecule has 0 bridgehead atoms. The molecule has 0 spiro atoms. The van der Waals surface area contributed by atoms with Gasteiger partial charge in [0, 0.05) is 10.6 Å². The van der Waals surface area contributed by atoms with Crippen LogP contribution < -0.4 is 4.74 Å². The van der Waals surface area contributed by atoms with E-state index in [9.17, 15) is 4.79 Å². The van der Waals surface area contributed by atoms with Gasteiger partial charge in [-0.15, -0.1) is 0 Å². The zero-order valence-corrected chi connectivity index (χ0v) is 11.0. The lowest BCUT2D eigenvalue weighted by molar-refractivity contribution is 0.103. The highest BCUT2D eigenvalue weighted by molar-refractivity contribution is 6.31. The molecule has 2 aromatic carbocycles. The van der Waals surface area contributed by atoms with Crippen LogP contribution >= 0.6 is 11.6 Å². The van der Waals surface area contributed by atoms with Gasteiger partial charge in [0.1, 0.15) is 5.75 Å². The van der Waals surface area contributed by atoms with E-state index in [1.807, 2.05) is 25.1 Å². The molecule has 0 heterocycles. The molecule has 0 amide bonds. The Morgan fingerprint density at radius 2 is 1.83 bits per heavy atom. The van der Waals surface area contributed by atoms with Crippen molar-refractivity contribution in [1.82, 2.24) is 0 Å². The number of halogens is 1. The molecule has 0 unspecified atom stereocenters. The summed E-state index contributed by atoms with van der Waals surface area (Å²) in [6.07, 6.45) is 0. The molecule has 0 aromatic heterocycles. The van der Waals surface area contributed by atoms with Crippen LogP contribution in [0.25, 0.3) is 0 Å². The van der Waals surface area contributed by atoms with Crippen LogP contribution in [0, 0.1) is 6.92 Å². The summed E-state index contributed by atoms with van der Waals surface area (Å²) in [7, 11) is 1.54. The summed E-state index contributed by atoms with van der Waals surface area (Å²) in [5.41, 5.74) is 2.09. The van der Waals surface area contributed by atoms with Gasteiger partial charge in [-0.3, -0.25) is 4.79 Å². The third-order valence-corrected chi connectivity index (χ3v) is 3.03. The summed E-state index contributed by atoms with van der Waals surface area (Å²) >= 11 is 5.94. The molecule has 0 fully saturated rings. The fraction of sp³-hybridized carbons (Fsp3) is 0.133. The van der Waals surface area contributed by atoms with Crippen molar-refractivity contribution in [2.24, 2.45) is 0 Å². The number of aryl methyl sites for hydroxylation is 1. The number of ketones is 1. The molecule has 2 rings (SSSR count). The minimum atomic E-state index is -0.0764. The van der Waals surface area contributed by atoms with Crippen LogP contribution in [0.5, 0.6) is 5.75 Å². The van der Waals surface area contributed by atoms with E-state index in [4.69, 9.17) is 16.3 Å². The molecule has 0 aliphatic heterocycles. The largest absolute Gasteiger partial charge is 0.496 e. The Morgan fingerprint density at radius 1 is 1.11 bits per heavy atom. The Balaban J connectivity index is 2.52. The van der Waals surface area contributed by atoms with Gasteiger partial charge >= 0.3 is 0 Å². The first-order chi connectivity index (χ1) is 8.63. The van der Waals surface area contributed by atoms with Crippen molar-refractivity contribution in [1.29, 1.82) is 0 Å². The van der Waals surface area contributed by atoms with Crippen LogP contribution in [0.4, 0.5) is 0 Å². The van der Waals surface area contributed by atoms with Crippen molar-refractivity contribution in [3.8, 4) is 5.75 Å². The molecular weight excluding hydrogens is 248 g/mol. The Kier molecular flexibility index (Phi) is 3.68. The Bertz CT molecular complexity index is 591. The van der Waals surface area contributed by atoms with Crippen LogP contribution in [0.15, 0.2) is 42.5 Å². The molecule has 0 radical (unpaired) electrons. The second-order valence-electron chi connectivity index (χ2n) is 3.99. The molecule has 0 N–H and O–H groups in total. The van der Waals surface area contributed by atoms with E-state index in [-0.39, 0.29) is 5.78 Å². The topological polar surface area (TPSA) is 26.3 Å². The summed E-state index contributed by atoms with van der Waals surface area (Å²) in [4.78, 5) is 12.5. The highest BCUT2D eigenvalue weighted by atomic mass is 35.5. The van der Waals surface area contributed by atoms with Gasteiger partial charge < -0.3 is 4.74 Å². The molecule has 18 heavy (non-hydrogen) atoms. The Morgan fingerprint density at radius 3 is 2.50 bits per heavy atom. The number of hydrogen-bond donors (Lipinski definition) is 0. The number of rotatable bonds is 3. The van der Waals surface area contributed by atoms with E-state index >= 15 is 0 Å². The molecule has 2 nitrogen and oxygen atoms in total. The lowest BCUT2D eigenvalue weighted by Gasteiger charge is -2.09. The summed E-state index contributed by atoms with van der Waals surface area (Å²) < 4.78 is 5.20. The predicted octanol–water partition coefficient (Wildman–Crippen LogP) is 3.89. The third-order valence-electron chi connectivity index (χ3n) is 2.80. The first-order valence-corrected chi connectivity index (χ1v) is 5.95. The van der Waals surface area contributed by atoms with E-state index in [2.05, 4.69) is 0 Å². The number of hydrogen-bond acceptors (Lipinski definition) is 2. The van der Waals surface area contributed by atoms with Crippen molar-refractivity contribution in [2.75, 3.05) is 7.11 Å². The molecule has 0 saturated carbocycles. The minimum absolute atomic E-state index is 0.0764. The average Bonchev–Trinajstić information content (AvgIpc) is 2.38. The minimum Gasteiger partial charge on any atom is -0.496 e. The maximum atomic E-state index is 12.5. The fourth-order valence-electron chi connectivity index (χ4n) is 1.83. The first-order valence-electron chi connectivity index (χ1n) is 5.57. The van der Waals surface area contributed by atoms with E-state index in [1.54, 1.807) is 24.3 Å². The van der Waals surface area contributed by atoms with Crippen LogP contribution in [-0.2, 0) is 0 Å². The second kappa shape index (κ2) is 5.23. The highest BCUT2D eigenvalue weighted by Crippen LogP contribution is 2.26. The predicted molar refractivity (Wildman–Crippen MR) is 72.6 cm³/mol. The van der Waals surface area contributed by atoms with E-state index in [0.29, 0.717) is 21.9 Å². The number of methoxy groups -OCH3 is 1. The molecule has 0 saturated heterocycles. The van der Waals surface area contributed by atoms with Gasteiger partial charge in [0.25, 0.3) is 0 Å². The summed E-state index contributed by atoms with van der Waals surface area (Å²) in [6, 6.07) is 12.5. The van der Waals surface area contributed by atoms with Crippen molar-refractivity contribution >= 4 is 17.4 Å². The van der Waals surface area contributed by atoms with Gasteiger partial charge in [-0.1, -0.05) is 35.9 Å². The smallest absolute Gasteiger partial charge is 0.197 e. The van der Waals surface area contributed by atoms with Crippen LogP contribution in [0.1, 0.15) is 21.5 Å². The summed E-state index contributed by atoms with van der Waals surface area (Å²) in [6.45, 7) is 1.91. The van der Waals surface area contributed by atoms with E-state index in [0.717, 1.165) is 5.56 Å². The quantitative estimate of drug-likeness (QED) is 0.783. The van der Waals surface area contributed by atoms with Crippen LogP contribution in [0.3, 0.4) is 0 Å². The van der Waals surface area contributed by atoms with Gasteiger partial charge in [-0.25, -0.2) is 0 Å². The van der Waals surface area contributed by atoms with Crippen molar-refractivity contribution in [3.63, 3.8) is 0 Å². The molecular formula is C15H13ClO2. The van der Waals surface area contributed by atoms with Gasteiger partial charge in [0.05, 0.1) is 12.7 Å². The zero-order chi connectivity index (χ0) is 13.1. The average molecular weight is 261 g/mol. The van der Waals surface area contributed by atoms with E-state index in [1.165, 1.54) is 7.11 Å². The van der Waals surface area contributed by atoms with E-state index < -0.39 is 0 Å². The number of benzene rings is 2. The lowest BCUT2D eigenvalue weighted by Crippen LogP contribution is -2.05. The fourth-order valence-corrected chi connectivity index (χ4v) is 2.00. The molecule has 0 aliphatic rings. The van der Waals surface area contributed by atoms with Gasteiger partial charge in [-0.05, 0) is 30.7 Å². The van der Waals surface area contributed by atoms with Crippen LogP contribution in [-0.4, -0.2) is 12.9 Å². The zero-order valence-electron chi connectivity index (χ0n) is 10.2. The molecule has 3 heteroatoms.